The molecular weight excluding hydrogens is 420 g/mol. The first-order valence-corrected chi connectivity index (χ1v) is 11.4. The van der Waals surface area contributed by atoms with Gasteiger partial charge in [0.2, 0.25) is 5.91 Å². The first-order chi connectivity index (χ1) is 15.9. The van der Waals surface area contributed by atoms with Crippen LogP contribution in [-0.2, 0) is 14.3 Å². The number of carbonyl (C=O) groups is 3. The van der Waals surface area contributed by atoms with Crippen molar-refractivity contribution in [3.63, 3.8) is 0 Å². The number of imide groups is 1. The third-order valence-corrected chi connectivity index (χ3v) is 6.34. The molecular formula is C26H30N2O5. The van der Waals surface area contributed by atoms with Crippen molar-refractivity contribution in [2.24, 2.45) is 0 Å². The van der Waals surface area contributed by atoms with Gasteiger partial charge in [0.15, 0.2) is 0 Å². The quantitative estimate of drug-likeness (QED) is 0.600. The van der Waals surface area contributed by atoms with Crippen molar-refractivity contribution in [1.29, 1.82) is 0 Å². The first kappa shape index (κ1) is 23.0. The number of amides is 3. The van der Waals surface area contributed by atoms with Crippen molar-refractivity contribution in [3.05, 3.63) is 59.7 Å². The Hall–Kier alpha value is -3.19. The van der Waals surface area contributed by atoms with Crippen molar-refractivity contribution in [2.75, 3.05) is 25.2 Å². The minimum Gasteiger partial charge on any atom is -0.497 e. The van der Waals surface area contributed by atoms with Gasteiger partial charge in [-0.1, -0.05) is 26.0 Å². The molecule has 2 aliphatic heterocycles. The minimum absolute atomic E-state index is 0.0423. The third-order valence-electron chi connectivity index (χ3n) is 6.34. The molecule has 2 aromatic rings. The van der Waals surface area contributed by atoms with Gasteiger partial charge in [0.25, 0.3) is 11.8 Å². The van der Waals surface area contributed by atoms with E-state index in [-0.39, 0.29) is 36.8 Å². The van der Waals surface area contributed by atoms with E-state index in [4.69, 9.17) is 9.47 Å². The zero-order valence-electron chi connectivity index (χ0n) is 19.3. The molecule has 2 heterocycles. The molecule has 0 aliphatic carbocycles. The topological polar surface area (TPSA) is 76.2 Å². The average molecular weight is 451 g/mol. The zero-order chi connectivity index (χ0) is 23.5. The molecule has 0 saturated carbocycles. The van der Waals surface area contributed by atoms with Crippen LogP contribution in [-0.4, -0.2) is 55.0 Å². The van der Waals surface area contributed by atoms with E-state index in [1.807, 2.05) is 12.1 Å². The highest BCUT2D eigenvalue weighted by atomic mass is 16.5. The first-order valence-electron chi connectivity index (χ1n) is 11.4. The Bertz CT molecular complexity index is 1010. The van der Waals surface area contributed by atoms with Crippen LogP contribution in [0, 0.1) is 0 Å². The molecule has 2 aromatic carbocycles. The van der Waals surface area contributed by atoms with Gasteiger partial charge in [-0.3, -0.25) is 14.4 Å². The summed E-state index contributed by atoms with van der Waals surface area (Å²) in [6, 6.07) is 13.4. The van der Waals surface area contributed by atoms with E-state index >= 15 is 0 Å². The van der Waals surface area contributed by atoms with Crippen LogP contribution in [0.3, 0.4) is 0 Å². The number of hydrogen-bond acceptors (Lipinski definition) is 5. The summed E-state index contributed by atoms with van der Waals surface area (Å²) in [5.74, 6) is 0.0109. The van der Waals surface area contributed by atoms with Crippen LogP contribution < -0.4 is 9.64 Å². The molecule has 2 atom stereocenters. The summed E-state index contributed by atoms with van der Waals surface area (Å²) < 4.78 is 10.9. The zero-order valence-corrected chi connectivity index (χ0v) is 19.3. The molecule has 0 bridgehead atoms. The smallest absolute Gasteiger partial charge is 0.257 e. The summed E-state index contributed by atoms with van der Waals surface area (Å²) in [5, 5.41) is 0. The van der Waals surface area contributed by atoms with Crippen LogP contribution in [0.1, 0.15) is 54.9 Å². The van der Waals surface area contributed by atoms with E-state index in [0.29, 0.717) is 29.5 Å². The number of ether oxygens (including phenoxy) is 2. The number of hydrogen-bond donors (Lipinski definition) is 0. The van der Waals surface area contributed by atoms with Crippen LogP contribution in [0.25, 0.3) is 0 Å². The van der Waals surface area contributed by atoms with E-state index in [1.165, 1.54) is 9.80 Å². The molecule has 7 nitrogen and oxygen atoms in total. The van der Waals surface area contributed by atoms with Gasteiger partial charge >= 0.3 is 0 Å². The minimum atomic E-state index is -0.860. The van der Waals surface area contributed by atoms with Crippen LogP contribution in [0.4, 0.5) is 5.69 Å². The normalized spacial score (nSPS) is 20.5. The van der Waals surface area contributed by atoms with Crippen molar-refractivity contribution in [2.45, 2.75) is 51.2 Å². The maximum atomic E-state index is 13.5. The van der Waals surface area contributed by atoms with E-state index < -0.39 is 6.04 Å². The molecule has 33 heavy (non-hydrogen) atoms. The highest BCUT2D eigenvalue weighted by Crippen LogP contribution is 2.29. The SMILES string of the molecule is COc1ccc(C(=O)N(CC2CCCO2)C2CC(=O)N(c3ccc(C(C)C)cc3)C2=O)cc1. The maximum Gasteiger partial charge on any atom is 0.257 e. The Kier molecular flexibility index (Phi) is 6.79. The van der Waals surface area contributed by atoms with Gasteiger partial charge in [0.05, 0.1) is 25.3 Å². The third kappa shape index (κ3) is 4.78. The molecule has 2 unspecified atom stereocenters. The number of benzene rings is 2. The molecule has 3 amide bonds. The van der Waals surface area contributed by atoms with Gasteiger partial charge in [-0.2, -0.15) is 0 Å². The van der Waals surface area contributed by atoms with E-state index in [0.717, 1.165) is 18.4 Å². The molecule has 2 aliphatic rings. The molecule has 174 valence electrons. The second kappa shape index (κ2) is 9.75. The second-order valence-electron chi connectivity index (χ2n) is 8.85. The summed E-state index contributed by atoms with van der Waals surface area (Å²) >= 11 is 0. The van der Waals surface area contributed by atoms with Gasteiger partial charge in [-0.25, -0.2) is 4.90 Å². The van der Waals surface area contributed by atoms with Crippen molar-refractivity contribution in [3.8, 4) is 5.75 Å². The summed E-state index contributed by atoms with van der Waals surface area (Å²) in [4.78, 5) is 42.6. The number of carbonyl (C=O) groups excluding carboxylic acids is 3. The van der Waals surface area contributed by atoms with Gasteiger partial charge < -0.3 is 14.4 Å². The molecule has 0 radical (unpaired) electrons. The number of nitrogens with zero attached hydrogens (tertiary/aromatic N) is 2. The molecule has 0 N–H and O–H groups in total. The largest absolute Gasteiger partial charge is 0.497 e. The Labute approximate surface area is 194 Å². The average Bonchev–Trinajstić information content (AvgIpc) is 3.44. The molecule has 2 saturated heterocycles. The molecule has 2 fully saturated rings. The van der Waals surface area contributed by atoms with Crippen LogP contribution in [0.5, 0.6) is 5.75 Å². The Morgan fingerprint density at radius 1 is 1.12 bits per heavy atom. The Morgan fingerprint density at radius 3 is 2.39 bits per heavy atom. The van der Waals surface area contributed by atoms with Crippen molar-refractivity contribution in [1.82, 2.24) is 4.90 Å². The lowest BCUT2D eigenvalue weighted by Gasteiger charge is -2.30. The molecule has 0 aromatic heterocycles. The van der Waals surface area contributed by atoms with Crippen LogP contribution in [0.2, 0.25) is 0 Å². The number of rotatable bonds is 7. The lowest BCUT2D eigenvalue weighted by Crippen LogP contribution is -2.48. The highest BCUT2D eigenvalue weighted by molar-refractivity contribution is 6.23. The lowest BCUT2D eigenvalue weighted by atomic mass is 10.0. The van der Waals surface area contributed by atoms with Crippen molar-refractivity contribution < 1.29 is 23.9 Å². The molecule has 0 spiro atoms. The fourth-order valence-electron chi connectivity index (χ4n) is 4.40. The Morgan fingerprint density at radius 2 is 1.82 bits per heavy atom. The summed E-state index contributed by atoms with van der Waals surface area (Å²) in [7, 11) is 1.56. The van der Waals surface area contributed by atoms with Gasteiger partial charge in [-0.15, -0.1) is 0 Å². The van der Waals surface area contributed by atoms with E-state index in [2.05, 4.69) is 13.8 Å². The van der Waals surface area contributed by atoms with Crippen molar-refractivity contribution >= 4 is 23.4 Å². The van der Waals surface area contributed by atoms with E-state index in [1.54, 1.807) is 43.5 Å². The summed E-state index contributed by atoms with van der Waals surface area (Å²) in [5.41, 5.74) is 2.10. The second-order valence-corrected chi connectivity index (χ2v) is 8.85. The fraction of sp³-hybridized carbons (Fsp3) is 0.423. The standard InChI is InChI=1S/C26H30N2O5/c1-17(2)18-6-10-20(11-7-18)28-24(29)15-23(26(28)31)27(16-22-5-4-14-33-22)25(30)19-8-12-21(32-3)13-9-19/h6-13,17,22-23H,4-5,14-16H2,1-3H3. The molecule has 4 rings (SSSR count). The summed E-state index contributed by atoms with van der Waals surface area (Å²) in [6.45, 7) is 5.09. The number of methoxy groups -OCH3 is 1. The maximum absolute atomic E-state index is 13.5. The predicted octanol–water partition coefficient (Wildman–Crippen LogP) is 3.77. The lowest BCUT2D eigenvalue weighted by molar-refractivity contribution is -0.122. The van der Waals surface area contributed by atoms with Crippen LogP contribution >= 0.6 is 0 Å². The molecule has 7 heteroatoms. The number of anilines is 1. The van der Waals surface area contributed by atoms with Gasteiger partial charge in [0.1, 0.15) is 11.8 Å². The predicted molar refractivity (Wildman–Crippen MR) is 124 cm³/mol. The van der Waals surface area contributed by atoms with Gasteiger partial charge in [0, 0.05) is 18.7 Å². The Balaban J connectivity index is 1.61. The van der Waals surface area contributed by atoms with Gasteiger partial charge in [-0.05, 0) is 60.7 Å². The van der Waals surface area contributed by atoms with E-state index in [9.17, 15) is 14.4 Å². The highest BCUT2D eigenvalue weighted by Gasteiger charge is 2.45. The monoisotopic (exact) mass is 450 g/mol. The van der Waals surface area contributed by atoms with Crippen LogP contribution in [0.15, 0.2) is 48.5 Å². The summed E-state index contributed by atoms with van der Waals surface area (Å²) in [6.07, 6.45) is 1.55. The fourth-order valence-corrected chi connectivity index (χ4v) is 4.40.